The third kappa shape index (κ3) is 2.32. The number of halogens is 3. The summed E-state index contributed by atoms with van der Waals surface area (Å²) in [5, 5.41) is 0. The van der Waals surface area contributed by atoms with Crippen LogP contribution in [0.4, 0.5) is 13.2 Å². The molecule has 0 saturated heterocycles. The second-order valence-electron chi connectivity index (χ2n) is 5.33. The van der Waals surface area contributed by atoms with Gasteiger partial charge >= 0.3 is 6.36 Å². The fourth-order valence-electron chi connectivity index (χ4n) is 2.22. The summed E-state index contributed by atoms with van der Waals surface area (Å²) in [5.74, 6) is -0.160. The van der Waals surface area contributed by atoms with Gasteiger partial charge in [-0.2, -0.15) is 0 Å². The van der Waals surface area contributed by atoms with E-state index in [1.165, 1.54) is 12.1 Å². The van der Waals surface area contributed by atoms with E-state index in [-0.39, 0.29) is 5.75 Å². The maximum atomic E-state index is 12.4. The van der Waals surface area contributed by atoms with Crippen LogP contribution < -0.4 is 10.5 Å². The van der Waals surface area contributed by atoms with Crippen LogP contribution in [0.1, 0.15) is 32.3 Å². The molecule has 2 nitrogen and oxygen atoms in total. The fourth-order valence-corrected chi connectivity index (χ4v) is 2.22. The molecule has 0 amide bonds. The van der Waals surface area contributed by atoms with Gasteiger partial charge in [-0.1, -0.05) is 32.0 Å². The van der Waals surface area contributed by atoms with Crippen molar-refractivity contribution >= 4 is 0 Å². The van der Waals surface area contributed by atoms with Crippen LogP contribution >= 0.6 is 0 Å². The molecule has 1 aromatic rings. The van der Waals surface area contributed by atoms with Gasteiger partial charge < -0.3 is 10.5 Å². The zero-order valence-corrected chi connectivity index (χ0v) is 10.3. The summed E-state index contributed by atoms with van der Waals surface area (Å²) in [6.07, 6.45) is -3.04. The zero-order chi connectivity index (χ0) is 13.6. The zero-order valence-electron chi connectivity index (χ0n) is 10.3. The van der Waals surface area contributed by atoms with Crippen LogP contribution in [0.5, 0.6) is 5.75 Å². The average Bonchev–Trinajstić information content (AvgIpc) is 2.96. The number of hydrogen-bond donors (Lipinski definition) is 1. The quantitative estimate of drug-likeness (QED) is 0.903. The van der Waals surface area contributed by atoms with Crippen LogP contribution in [0.25, 0.3) is 0 Å². The third-order valence-electron chi connectivity index (χ3n) is 3.82. The molecule has 0 aliphatic heterocycles. The normalized spacial score (nSPS) is 18.6. The van der Waals surface area contributed by atoms with Crippen LogP contribution in [0.2, 0.25) is 0 Å². The molecule has 5 heteroatoms. The van der Waals surface area contributed by atoms with E-state index in [1.54, 1.807) is 12.1 Å². The molecule has 0 atom stereocenters. The first-order chi connectivity index (χ1) is 8.16. The molecule has 1 aliphatic rings. The Kier molecular flexibility index (Phi) is 2.85. The lowest BCUT2D eigenvalue weighted by molar-refractivity contribution is -0.275. The van der Waals surface area contributed by atoms with Crippen molar-refractivity contribution in [1.82, 2.24) is 0 Å². The lowest BCUT2D eigenvalue weighted by atomic mass is 9.75. The first-order valence-electron chi connectivity index (χ1n) is 5.80. The minimum Gasteiger partial charge on any atom is -0.405 e. The van der Waals surface area contributed by atoms with Gasteiger partial charge in [0.25, 0.3) is 0 Å². The second-order valence-corrected chi connectivity index (χ2v) is 5.33. The highest BCUT2D eigenvalue weighted by Gasteiger charge is 2.53. The van der Waals surface area contributed by atoms with Gasteiger partial charge in [0.2, 0.25) is 0 Å². The molecule has 1 fully saturated rings. The SMILES string of the molecule is CC(C)(c1ccccc1OC(F)(F)F)C1(N)CC1. The molecule has 1 saturated carbocycles. The van der Waals surface area contributed by atoms with Crippen molar-refractivity contribution in [2.75, 3.05) is 0 Å². The Balaban J connectivity index is 2.39. The Hall–Kier alpha value is -1.23. The minimum atomic E-state index is -4.68. The molecule has 1 aliphatic carbocycles. The highest BCUT2D eigenvalue weighted by atomic mass is 19.4. The Bertz CT molecular complexity index is 450. The highest BCUT2D eigenvalue weighted by molar-refractivity contribution is 5.43. The summed E-state index contributed by atoms with van der Waals surface area (Å²) in [6, 6.07) is 6.20. The second kappa shape index (κ2) is 3.88. The maximum Gasteiger partial charge on any atom is 0.573 e. The smallest absolute Gasteiger partial charge is 0.405 e. The van der Waals surface area contributed by atoms with Gasteiger partial charge in [0, 0.05) is 16.5 Å². The largest absolute Gasteiger partial charge is 0.573 e. The lowest BCUT2D eigenvalue weighted by Crippen LogP contribution is -2.43. The number of benzene rings is 1. The molecule has 0 aromatic heterocycles. The Labute approximate surface area is 104 Å². The van der Waals surface area contributed by atoms with Gasteiger partial charge in [-0.15, -0.1) is 13.2 Å². The Morgan fingerprint density at radius 3 is 2.22 bits per heavy atom. The molecule has 0 unspecified atom stereocenters. The van der Waals surface area contributed by atoms with Crippen LogP contribution in [0, 0.1) is 0 Å². The molecule has 2 N–H and O–H groups in total. The summed E-state index contributed by atoms with van der Waals surface area (Å²) >= 11 is 0. The first kappa shape index (κ1) is 13.2. The van der Waals surface area contributed by atoms with Crippen molar-refractivity contribution in [2.45, 2.75) is 44.0 Å². The van der Waals surface area contributed by atoms with Crippen molar-refractivity contribution in [2.24, 2.45) is 5.73 Å². The van der Waals surface area contributed by atoms with Crippen molar-refractivity contribution < 1.29 is 17.9 Å². The van der Waals surface area contributed by atoms with Crippen molar-refractivity contribution in [3.05, 3.63) is 29.8 Å². The fraction of sp³-hybridized carbons (Fsp3) is 0.538. The van der Waals surface area contributed by atoms with Gasteiger partial charge in [0.05, 0.1) is 0 Å². The number of para-hydroxylation sites is 1. The third-order valence-corrected chi connectivity index (χ3v) is 3.82. The summed E-state index contributed by atoms with van der Waals surface area (Å²) in [4.78, 5) is 0. The van der Waals surface area contributed by atoms with Gasteiger partial charge in [0.15, 0.2) is 0 Å². The van der Waals surface area contributed by atoms with Gasteiger partial charge in [-0.05, 0) is 18.9 Å². The summed E-state index contributed by atoms with van der Waals surface area (Å²) in [6.45, 7) is 3.72. The summed E-state index contributed by atoms with van der Waals surface area (Å²) < 4.78 is 41.2. The van der Waals surface area contributed by atoms with Crippen molar-refractivity contribution in [3.63, 3.8) is 0 Å². The number of nitrogens with two attached hydrogens (primary N) is 1. The number of alkyl halides is 3. The summed E-state index contributed by atoms with van der Waals surface area (Å²) in [5.41, 5.74) is 5.68. The Morgan fingerprint density at radius 1 is 1.17 bits per heavy atom. The molecule has 1 aromatic carbocycles. The summed E-state index contributed by atoms with van der Waals surface area (Å²) in [7, 11) is 0. The molecule has 0 heterocycles. The molecule has 0 spiro atoms. The minimum absolute atomic E-state index is 0.160. The van der Waals surface area contributed by atoms with Gasteiger partial charge in [0.1, 0.15) is 5.75 Å². The van der Waals surface area contributed by atoms with Crippen LogP contribution in [0.15, 0.2) is 24.3 Å². The monoisotopic (exact) mass is 259 g/mol. The van der Waals surface area contributed by atoms with E-state index in [0.29, 0.717) is 5.56 Å². The van der Waals surface area contributed by atoms with Crippen molar-refractivity contribution in [1.29, 1.82) is 0 Å². The standard InChI is InChI=1S/C13H16F3NO/c1-11(2,12(17)7-8-12)9-5-3-4-6-10(9)18-13(14,15)16/h3-6H,7-8,17H2,1-2H3. The van der Waals surface area contributed by atoms with E-state index >= 15 is 0 Å². The first-order valence-corrected chi connectivity index (χ1v) is 5.80. The average molecular weight is 259 g/mol. The van der Waals surface area contributed by atoms with Crippen molar-refractivity contribution in [3.8, 4) is 5.75 Å². The number of hydrogen-bond acceptors (Lipinski definition) is 2. The van der Waals surface area contributed by atoms with E-state index in [0.717, 1.165) is 12.8 Å². The van der Waals surface area contributed by atoms with Crippen LogP contribution in [-0.2, 0) is 5.41 Å². The van der Waals surface area contributed by atoms with E-state index < -0.39 is 17.3 Å². The predicted octanol–water partition coefficient (Wildman–Crippen LogP) is 3.35. The maximum absolute atomic E-state index is 12.4. The number of ether oxygens (including phenoxy) is 1. The molecule has 0 radical (unpaired) electrons. The van der Waals surface area contributed by atoms with E-state index in [9.17, 15) is 13.2 Å². The molecule has 18 heavy (non-hydrogen) atoms. The highest BCUT2D eigenvalue weighted by Crippen LogP contribution is 2.51. The van der Waals surface area contributed by atoms with E-state index in [1.807, 2.05) is 13.8 Å². The van der Waals surface area contributed by atoms with Crippen LogP contribution in [-0.4, -0.2) is 11.9 Å². The van der Waals surface area contributed by atoms with Gasteiger partial charge in [-0.3, -0.25) is 0 Å². The van der Waals surface area contributed by atoms with Crippen LogP contribution in [0.3, 0.4) is 0 Å². The molecule has 100 valence electrons. The number of rotatable bonds is 3. The molecular formula is C13H16F3NO. The topological polar surface area (TPSA) is 35.2 Å². The Morgan fingerprint density at radius 2 is 1.72 bits per heavy atom. The van der Waals surface area contributed by atoms with E-state index in [4.69, 9.17) is 5.73 Å². The predicted molar refractivity (Wildman–Crippen MR) is 62.3 cm³/mol. The lowest BCUT2D eigenvalue weighted by Gasteiger charge is -2.34. The molecule has 2 rings (SSSR count). The van der Waals surface area contributed by atoms with E-state index in [2.05, 4.69) is 4.74 Å². The molecular weight excluding hydrogens is 243 g/mol. The molecule has 0 bridgehead atoms. The van der Waals surface area contributed by atoms with Gasteiger partial charge in [-0.25, -0.2) is 0 Å².